The van der Waals surface area contributed by atoms with Gasteiger partial charge in [-0.2, -0.15) is 17.0 Å². The first-order chi connectivity index (χ1) is 7.65. The van der Waals surface area contributed by atoms with E-state index >= 15 is 0 Å². The molecule has 1 atom stereocenters. The second-order valence-electron chi connectivity index (χ2n) is 2.87. The zero-order valence-corrected chi connectivity index (χ0v) is 9.97. The van der Waals surface area contributed by atoms with E-state index in [1.54, 1.807) is 6.26 Å². The summed E-state index contributed by atoms with van der Waals surface area (Å²) in [4.78, 5) is 22.4. The van der Waals surface area contributed by atoms with Crippen molar-refractivity contribution < 1.29 is 9.59 Å². The van der Waals surface area contributed by atoms with E-state index in [9.17, 15) is 9.59 Å². The molecule has 1 unspecified atom stereocenters. The molecule has 2 amide bonds. The molecule has 0 spiro atoms. The third kappa shape index (κ3) is 6.09. The Balaban J connectivity index is 3.97. The molecule has 0 radical (unpaired) electrons. The topological polar surface area (TPSA) is 82.0 Å². The summed E-state index contributed by atoms with van der Waals surface area (Å²) in [6.45, 7) is 3.90. The molecule has 0 bridgehead atoms. The maximum Gasteiger partial charge on any atom is 0.243 e. The van der Waals surface area contributed by atoms with Gasteiger partial charge in [0, 0.05) is 13.1 Å². The van der Waals surface area contributed by atoms with Crippen LogP contribution in [0.4, 0.5) is 0 Å². The van der Waals surface area contributed by atoms with Gasteiger partial charge >= 0.3 is 0 Å². The number of hydrogen-bond acceptors (Lipinski definition) is 4. The van der Waals surface area contributed by atoms with Gasteiger partial charge in [-0.15, -0.1) is 0 Å². The van der Waals surface area contributed by atoms with Crippen molar-refractivity contribution in [2.45, 2.75) is 11.7 Å². The number of carbonyl (C=O) groups is 2. The Kier molecular flexibility index (Phi) is 7.98. The molecule has 0 aliphatic heterocycles. The van der Waals surface area contributed by atoms with Crippen molar-refractivity contribution in [3.05, 3.63) is 12.7 Å². The first-order valence-electron chi connectivity index (χ1n) is 4.73. The molecule has 5 nitrogen and oxygen atoms in total. The third-order valence-electron chi connectivity index (χ3n) is 1.76. The zero-order valence-electron chi connectivity index (χ0n) is 9.16. The van der Waals surface area contributed by atoms with Crippen molar-refractivity contribution in [2.75, 3.05) is 19.3 Å². The highest BCUT2D eigenvalue weighted by Crippen LogP contribution is 2.05. The molecule has 0 aromatic carbocycles. The number of hydrogen-bond donors (Lipinski definition) is 2. The number of carbonyl (C=O) groups excluding carboxylic acids is 2. The lowest BCUT2D eigenvalue weighted by atomic mass is 10.3. The van der Waals surface area contributed by atoms with Crippen molar-refractivity contribution in [2.24, 2.45) is 0 Å². The van der Waals surface area contributed by atoms with Gasteiger partial charge in [-0.25, -0.2) is 0 Å². The van der Waals surface area contributed by atoms with Crippen LogP contribution in [0.15, 0.2) is 12.7 Å². The van der Waals surface area contributed by atoms with Gasteiger partial charge in [0.15, 0.2) is 0 Å². The molecule has 0 saturated heterocycles. The van der Waals surface area contributed by atoms with E-state index in [2.05, 4.69) is 17.2 Å². The largest absolute Gasteiger partial charge is 0.354 e. The Hall–Kier alpha value is -1.48. The van der Waals surface area contributed by atoms with Crippen molar-refractivity contribution in [3.8, 4) is 6.07 Å². The fourth-order valence-corrected chi connectivity index (χ4v) is 1.45. The first-order valence-corrected chi connectivity index (χ1v) is 6.02. The highest BCUT2D eigenvalue weighted by Gasteiger charge is 2.16. The Labute approximate surface area is 99.3 Å². The summed E-state index contributed by atoms with van der Waals surface area (Å²) in [6, 6.07) is 1.93. The van der Waals surface area contributed by atoms with E-state index < -0.39 is 0 Å². The van der Waals surface area contributed by atoms with Gasteiger partial charge in [0.05, 0.1) is 12.5 Å². The van der Waals surface area contributed by atoms with Gasteiger partial charge in [-0.05, 0) is 12.3 Å². The van der Waals surface area contributed by atoms with Gasteiger partial charge < -0.3 is 10.6 Å². The van der Waals surface area contributed by atoms with Crippen LogP contribution in [0.25, 0.3) is 0 Å². The van der Waals surface area contributed by atoms with Crippen LogP contribution in [0.3, 0.4) is 0 Å². The molecule has 0 fully saturated rings. The van der Waals surface area contributed by atoms with Gasteiger partial charge in [0.2, 0.25) is 11.8 Å². The molecular formula is C10H15N3O2S. The van der Waals surface area contributed by atoms with E-state index in [-0.39, 0.29) is 30.0 Å². The fraction of sp³-hybridized carbons (Fsp3) is 0.500. The van der Waals surface area contributed by atoms with Crippen LogP contribution in [0.5, 0.6) is 0 Å². The average Bonchev–Trinajstić information content (AvgIpc) is 2.29. The van der Waals surface area contributed by atoms with Crippen LogP contribution in [0.1, 0.15) is 6.42 Å². The molecule has 0 aromatic heterocycles. The lowest BCUT2D eigenvalue weighted by Gasteiger charge is -2.14. The number of nitrogens with one attached hydrogen (secondary N) is 2. The zero-order chi connectivity index (χ0) is 12.4. The van der Waals surface area contributed by atoms with Crippen molar-refractivity contribution in [1.82, 2.24) is 10.6 Å². The minimum atomic E-state index is -0.345. The summed E-state index contributed by atoms with van der Waals surface area (Å²) in [7, 11) is 0. The predicted molar refractivity (Wildman–Crippen MR) is 63.7 cm³/mol. The maximum atomic E-state index is 11.5. The van der Waals surface area contributed by atoms with Crippen LogP contribution in [0, 0.1) is 11.3 Å². The highest BCUT2D eigenvalue weighted by atomic mass is 32.2. The molecule has 16 heavy (non-hydrogen) atoms. The second-order valence-corrected chi connectivity index (χ2v) is 3.91. The van der Waals surface area contributed by atoms with Gasteiger partial charge in [0.1, 0.15) is 5.25 Å². The molecule has 0 aliphatic carbocycles. The number of nitriles is 1. The molecule has 0 aliphatic rings. The molecule has 0 heterocycles. The van der Waals surface area contributed by atoms with Crippen LogP contribution < -0.4 is 10.6 Å². The predicted octanol–water partition coefficient (Wildman–Crippen LogP) is 0.0501. The number of thioether (sulfide) groups is 1. The summed E-state index contributed by atoms with van der Waals surface area (Å²) in [5, 5.41) is 13.1. The number of rotatable bonds is 7. The van der Waals surface area contributed by atoms with Crippen LogP contribution >= 0.6 is 11.8 Å². The summed E-state index contributed by atoms with van der Waals surface area (Å²) >= 11 is 1.34. The monoisotopic (exact) mass is 241 g/mol. The Morgan fingerprint density at radius 1 is 1.56 bits per heavy atom. The molecule has 0 aromatic rings. The van der Waals surface area contributed by atoms with Crippen molar-refractivity contribution >= 4 is 23.6 Å². The summed E-state index contributed by atoms with van der Waals surface area (Å²) in [6.07, 6.45) is 3.23. The number of nitrogens with zero attached hydrogens (tertiary/aromatic N) is 1. The molecule has 0 rings (SSSR count). The summed E-state index contributed by atoms with van der Waals surface area (Å²) in [5.41, 5.74) is 0. The summed E-state index contributed by atoms with van der Waals surface area (Å²) in [5.74, 6) is -0.476. The summed E-state index contributed by atoms with van der Waals surface area (Å²) < 4.78 is 0. The standard InChI is InChI=1S/C10H15N3O2S/c1-3-9(14)13-7-8(16-2)10(15)12-6-4-5-11/h3,8H,1,4,6-7H2,2H3,(H,12,15)(H,13,14). The minimum absolute atomic E-state index is 0.174. The molecular weight excluding hydrogens is 226 g/mol. The molecule has 2 N–H and O–H groups in total. The molecule has 88 valence electrons. The molecule has 0 saturated carbocycles. The lowest BCUT2D eigenvalue weighted by Crippen LogP contribution is -2.40. The van der Waals surface area contributed by atoms with Gasteiger partial charge in [-0.1, -0.05) is 6.58 Å². The van der Waals surface area contributed by atoms with Crippen molar-refractivity contribution in [1.29, 1.82) is 5.26 Å². The van der Waals surface area contributed by atoms with E-state index in [4.69, 9.17) is 5.26 Å². The maximum absolute atomic E-state index is 11.5. The van der Waals surface area contributed by atoms with Crippen LogP contribution in [-0.2, 0) is 9.59 Å². The third-order valence-corrected chi connectivity index (χ3v) is 2.71. The lowest BCUT2D eigenvalue weighted by molar-refractivity contribution is -0.120. The van der Waals surface area contributed by atoms with Crippen molar-refractivity contribution in [3.63, 3.8) is 0 Å². The average molecular weight is 241 g/mol. The first kappa shape index (κ1) is 14.5. The van der Waals surface area contributed by atoms with E-state index in [1.807, 2.05) is 6.07 Å². The van der Waals surface area contributed by atoms with Gasteiger partial charge in [-0.3, -0.25) is 9.59 Å². The SMILES string of the molecule is C=CC(=O)NCC(SC)C(=O)NCCC#N. The van der Waals surface area contributed by atoms with E-state index in [0.717, 1.165) is 6.08 Å². The minimum Gasteiger partial charge on any atom is -0.354 e. The Bertz CT molecular complexity index is 299. The molecule has 6 heteroatoms. The van der Waals surface area contributed by atoms with E-state index in [1.165, 1.54) is 11.8 Å². The van der Waals surface area contributed by atoms with Crippen LogP contribution in [0.2, 0.25) is 0 Å². The Morgan fingerprint density at radius 3 is 2.75 bits per heavy atom. The number of amides is 2. The normalized spacial score (nSPS) is 11.0. The highest BCUT2D eigenvalue weighted by molar-refractivity contribution is 7.99. The van der Waals surface area contributed by atoms with Gasteiger partial charge in [0.25, 0.3) is 0 Å². The Morgan fingerprint density at radius 2 is 2.25 bits per heavy atom. The van der Waals surface area contributed by atoms with Crippen LogP contribution in [-0.4, -0.2) is 36.4 Å². The van der Waals surface area contributed by atoms with E-state index in [0.29, 0.717) is 6.54 Å². The smallest absolute Gasteiger partial charge is 0.243 e. The second kappa shape index (κ2) is 8.80. The quantitative estimate of drug-likeness (QED) is 0.487. The fourth-order valence-electron chi connectivity index (χ4n) is 0.904.